The lowest BCUT2D eigenvalue weighted by Crippen LogP contribution is -2.30. The number of hydrogen-bond donors (Lipinski definition) is 2. The second-order valence-electron chi connectivity index (χ2n) is 4.21. The van der Waals surface area contributed by atoms with Crippen LogP contribution in [0.4, 0.5) is 0 Å². The van der Waals surface area contributed by atoms with Crippen LogP contribution in [0.2, 0.25) is 0 Å². The lowest BCUT2D eigenvalue weighted by Gasteiger charge is -2.10. The summed E-state index contributed by atoms with van der Waals surface area (Å²) >= 11 is 0.995. The Morgan fingerprint density at radius 2 is 2.39 bits per heavy atom. The Labute approximate surface area is 111 Å². The number of rotatable bonds is 5. The van der Waals surface area contributed by atoms with Gasteiger partial charge in [-0.25, -0.2) is 13.1 Å². The molecule has 98 valence electrons. The highest BCUT2D eigenvalue weighted by Crippen LogP contribution is 2.20. The van der Waals surface area contributed by atoms with E-state index in [2.05, 4.69) is 10.0 Å². The van der Waals surface area contributed by atoms with Crippen molar-refractivity contribution in [2.45, 2.75) is 29.5 Å². The van der Waals surface area contributed by atoms with Crippen molar-refractivity contribution in [1.82, 2.24) is 10.0 Å². The number of sulfonamides is 1. The molecule has 7 heteroatoms. The molecule has 0 bridgehead atoms. The number of nitrogens with zero attached hydrogens (tertiary/aromatic N) is 1. The van der Waals surface area contributed by atoms with Crippen LogP contribution in [0.15, 0.2) is 16.3 Å². The number of nitriles is 1. The highest BCUT2D eigenvalue weighted by molar-refractivity contribution is 7.91. The summed E-state index contributed by atoms with van der Waals surface area (Å²) in [5, 5.41) is 12.0. The molecular formula is C11H15N3O2S2. The summed E-state index contributed by atoms with van der Waals surface area (Å²) in [4.78, 5) is 0.410. The van der Waals surface area contributed by atoms with E-state index in [0.717, 1.165) is 37.1 Å². The lowest BCUT2D eigenvalue weighted by atomic mass is 10.2. The van der Waals surface area contributed by atoms with Crippen LogP contribution >= 0.6 is 11.3 Å². The summed E-state index contributed by atoms with van der Waals surface area (Å²) < 4.78 is 26.6. The van der Waals surface area contributed by atoms with E-state index >= 15 is 0 Å². The molecule has 0 spiro atoms. The molecule has 0 aromatic carbocycles. The fraction of sp³-hybridized carbons (Fsp3) is 0.545. The van der Waals surface area contributed by atoms with E-state index in [1.165, 1.54) is 12.1 Å². The molecule has 1 atom stereocenters. The zero-order valence-electron chi connectivity index (χ0n) is 9.85. The summed E-state index contributed by atoms with van der Waals surface area (Å²) in [6.45, 7) is 1.45. The molecule has 1 aliphatic heterocycles. The lowest BCUT2D eigenvalue weighted by molar-refractivity contribution is 0.540. The Bertz CT molecular complexity index is 539. The Morgan fingerprint density at radius 1 is 1.56 bits per heavy atom. The molecule has 1 aromatic rings. The Kier molecular flexibility index (Phi) is 4.35. The highest BCUT2D eigenvalue weighted by Gasteiger charge is 2.18. The maximum absolute atomic E-state index is 11.9. The molecule has 1 aromatic heterocycles. The van der Waals surface area contributed by atoms with Gasteiger partial charge in [0.05, 0.1) is 0 Å². The van der Waals surface area contributed by atoms with Crippen molar-refractivity contribution in [2.75, 3.05) is 13.1 Å². The fourth-order valence-electron chi connectivity index (χ4n) is 1.97. The van der Waals surface area contributed by atoms with Crippen molar-refractivity contribution in [1.29, 1.82) is 5.26 Å². The first kappa shape index (κ1) is 13.5. The second kappa shape index (κ2) is 5.80. The normalized spacial score (nSPS) is 19.8. The van der Waals surface area contributed by atoms with Crippen LogP contribution in [-0.4, -0.2) is 27.5 Å². The van der Waals surface area contributed by atoms with Crippen molar-refractivity contribution in [3.05, 3.63) is 17.0 Å². The average molecular weight is 285 g/mol. The number of hydrogen-bond acceptors (Lipinski definition) is 5. The van der Waals surface area contributed by atoms with Gasteiger partial charge in [0.15, 0.2) is 0 Å². The average Bonchev–Trinajstić information content (AvgIpc) is 2.99. The summed E-state index contributed by atoms with van der Waals surface area (Å²) in [7, 11) is -3.45. The van der Waals surface area contributed by atoms with E-state index in [-0.39, 0.29) is 4.21 Å². The van der Waals surface area contributed by atoms with Crippen LogP contribution < -0.4 is 10.0 Å². The van der Waals surface area contributed by atoms with Crippen LogP contribution in [0.5, 0.6) is 0 Å². The van der Waals surface area contributed by atoms with Crippen LogP contribution in [0.3, 0.4) is 0 Å². The van der Waals surface area contributed by atoms with Gasteiger partial charge in [-0.2, -0.15) is 5.26 Å². The summed E-state index contributed by atoms with van der Waals surface area (Å²) in [5.74, 6) is 0. The van der Waals surface area contributed by atoms with E-state index in [1.807, 2.05) is 6.07 Å². The fourth-order valence-corrected chi connectivity index (χ4v) is 4.16. The van der Waals surface area contributed by atoms with Crippen LogP contribution in [-0.2, 0) is 10.0 Å². The van der Waals surface area contributed by atoms with Gasteiger partial charge in [-0.1, -0.05) is 0 Å². The minimum Gasteiger partial charge on any atom is -0.314 e. The maximum atomic E-state index is 11.9. The van der Waals surface area contributed by atoms with Crippen molar-refractivity contribution < 1.29 is 8.42 Å². The molecule has 2 rings (SSSR count). The molecule has 1 unspecified atom stereocenters. The van der Waals surface area contributed by atoms with Gasteiger partial charge in [-0.05, 0) is 37.9 Å². The van der Waals surface area contributed by atoms with E-state index in [0.29, 0.717) is 17.5 Å². The van der Waals surface area contributed by atoms with Gasteiger partial charge in [0, 0.05) is 12.6 Å². The smallest absolute Gasteiger partial charge is 0.250 e. The molecule has 0 amide bonds. The van der Waals surface area contributed by atoms with Gasteiger partial charge >= 0.3 is 0 Å². The highest BCUT2D eigenvalue weighted by atomic mass is 32.2. The quantitative estimate of drug-likeness (QED) is 0.847. The summed E-state index contributed by atoms with van der Waals surface area (Å²) in [5.41, 5.74) is 0. The molecule has 0 saturated carbocycles. The molecule has 1 aliphatic rings. The standard InChI is InChI=1S/C11H15N3O2S2/c12-8-10-3-4-11(17-10)18(15,16)14-7-5-9-2-1-6-13-9/h3-4,9,13-14H,1-2,5-7H2. The van der Waals surface area contributed by atoms with Crippen molar-refractivity contribution >= 4 is 21.4 Å². The van der Waals surface area contributed by atoms with E-state index in [1.54, 1.807) is 0 Å². The minimum absolute atomic E-state index is 0.207. The van der Waals surface area contributed by atoms with Crippen molar-refractivity contribution in [3.8, 4) is 6.07 Å². The van der Waals surface area contributed by atoms with Gasteiger partial charge in [0.25, 0.3) is 0 Å². The first-order valence-electron chi connectivity index (χ1n) is 5.85. The van der Waals surface area contributed by atoms with Gasteiger partial charge in [-0.3, -0.25) is 0 Å². The molecular weight excluding hydrogens is 270 g/mol. The maximum Gasteiger partial charge on any atom is 0.250 e. The van der Waals surface area contributed by atoms with Crippen LogP contribution in [0.1, 0.15) is 24.1 Å². The third-order valence-electron chi connectivity index (χ3n) is 2.90. The number of nitrogens with one attached hydrogen (secondary N) is 2. The zero-order chi connectivity index (χ0) is 13.0. The minimum atomic E-state index is -3.45. The second-order valence-corrected chi connectivity index (χ2v) is 7.29. The molecule has 1 saturated heterocycles. The van der Waals surface area contributed by atoms with Gasteiger partial charge in [0.1, 0.15) is 15.2 Å². The Balaban J connectivity index is 1.89. The van der Waals surface area contributed by atoms with E-state index < -0.39 is 10.0 Å². The van der Waals surface area contributed by atoms with Gasteiger partial charge in [-0.15, -0.1) is 11.3 Å². The SMILES string of the molecule is N#Cc1ccc(S(=O)(=O)NCCC2CCCN2)s1. The molecule has 0 aliphatic carbocycles. The predicted molar refractivity (Wildman–Crippen MR) is 69.9 cm³/mol. The van der Waals surface area contributed by atoms with Crippen molar-refractivity contribution in [2.24, 2.45) is 0 Å². The zero-order valence-corrected chi connectivity index (χ0v) is 11.5. The molecule has 0 radical (unpaired) electrons. The Hall–Kier alpha value is -0.940. The van der Waals surface area contributed by atoms with Gasteiger partial charge < -0.3 is 5.32 Å². The number of thiophene rings is 1. The third-order valence-corrected chi connectivity index (χ3v) is 5.85. The van der Waals surface area contributed by atoms with Crippen molar-refractivity contribution in [3.63, 3.8) is 0 Å². The molecule has 1 fully saturated rings. The first-order chi connectivity index (χ1) is 8.62. The van der Waals surface area contributed by atoms with Crippen LogP contribution in [0.25, 0.3) is 0 Å². The third kappa shape index (κ3) is 3.29. The van der Waals surface area contributed by atoms with Crippen LogP contribution in [0, 0.1) is 11.3 Å². The molecule has 2 N–H and O–H groups in total. The topological polar surface area (TPSA) is 82.0 Å². The molecule has 18 heavy (non-hydrogen) atoms. The first-order valence-corrected chi connectivity index (χ1v) is 8.15. The largest absolute Gasteiger partial charge is 0.314 e. The Morgan fingerprint density at radius 3 is 3.00 bits per heavy atom. The molecule has 5 nitrogen and oxygen atoms in total. The molecule has 2 heterocycles. The summed E-state index contributed by atoms with van der Waals surface area (Å²) in [6.07, 6.45) is 3.07. The van der Waals surface area contributed by atoms with Gasteiger partial charge in [0.2, 0.25) is 10.0 Å². The predicted octanol–water partition coefficient (Wildman–Crippen LogP) is 1.04. The summed E-state index contributed by atoms with van der Waals surface area (Å²) in [6, 6.07) is 5.36. The van der Waals surface area contributed by atoms with E-state index in [9.17, 15) is 8.42 Å². The monoisotopic (exact) mass is 285 g/mol. The van der Waals surface area contributed by atoms with E-state index in [4.69, 9.17) is 5.26 Å².